The summed E-state index contributed by atoms with van der Waals surface area (Å²) in [6, 6.07) is 7.03. The van der Waals surface area contributed by atoms with Gasteiger partial charge in [0.25, 0.3) is 5.56 Å². The number of carbonyl (C=O) groups excluding carboxylic acids is 1. The van der Waals surface area contributed by atoms with E-state index in [-0.39, 0.29) is 18.0 Å². The van der Waals surface area contributed by atoms with E-state index in [1.54, 1.807) is 38.3 Å². The van der Waals surface area contributed by atoms with Crippen LogP contribution in [0.2, 0.25) is 5.02 Å². The number of amides is 1. The van der Waals surface area contributed by atoms with E-state index in [1.807, 2.05) is 0 Å². The number of ether oxygens (including phenoxy) is 1. The highest BCUT2D eigenvalue weighted by Gasteiger charge is 2.19. The van der Waals surface area contributed by atoms with Crippen molar-refractivity contribution in [2.75, 3.05) is 20.3 Å². The minimum Gasteiger partial charge on any atom is -0.385 e. The Hall–Kier alpha value is -2.71. The number of aromatic nitrogens is 3. The number of carbonyl (C=O) groups is 1. The second kappa shape index (κ2) is 8.32. The molecule has 2 heterocycles. The lowest BCUT2D eigenvalue weighted by molar-refractivity contribution is -0.121. The van der Waals surface area contributed by atoms with Crippen LogP contribution in [-0.2, 0) is 16.1 Å². The number of hydrogen-bond acceptors (Lipinski definition) is 6. The fourth-order valence-corrected chi connectivity index (χ4v) is 2.81. The molecule has 8 nitrogen and oxygen atoms in total. The van der Waals surface area contributed by atoms with E-state index in [1.165, 1.54) is 0 Å². The molecule has 1 amide bonds. The SMILES string of the molecule is COCCCNC(=O)Cn1nc(-c2ccc(Cl)cc2)c2c(C)onc2c1=O. The van der Waals surface area contributed by atoms with Crippen molar-refractivity contribution in [3.05, 3.63) is 45.4 Å². The van der Waals surface area contributed by atoms with Crippen molar-refractivity contribution in [3.8, 4) is 11.3 Å². The van der Waals surface area contributed by atoms with Gasteiger partial charge in [-0.05, 0) is 25.5 Å². The molecule has 9 heteroatoms. The van der Waals surface area contributed by atoms with E-state index in [0.717, 1.165) is 10.2 Å². The van der Waals surface area contributed by atoms with Crippen LogP contribution in [0.25, 0.3) is 22.2 Å². The molecule has 1 aromatic carbocycles. The van der Waals surface area contributed by atoms with Crippen molar-refractivity contribution < 1.29 is 14.1 Å². The first-order chi connectivity index (χ1) is 13.0. The smallest absolute Gasteiger partial charge is 0.297 e. The molecule has 27 heavy (non-hydrogen) atoms. The van der Waals surface area contributed by atoms with Crippen LogP contribution in [0, 0.1) is 6.92 Å². The molecule has 0 aliphatic carbocycles. The van der Waals surface area contributed by atoms with Crippen molar-refractivity contribution in [1.82, 2.24) is 20.3 Å². The molecule has 0 saturated heterocycles. The van der Waals surface area contributed by atoms with Crippen LogP contribution in [-0.4, -0.2) is 41.1 Å². The van der Waals surface area contributed by atoms with Gasteiger partial charge in [0.05, 0.1) is 5.39 Å². The van der Waals surface area contributed by atoms with Crippen molar-refractivity contribution >= 4 is 28.4 Å². The summed E-state index contributed by atoms with van der Waals surface area (Å²) in [7, 11) is 1.60. The Balaban J connectivity index is 1.97. The zero-order valence-corrected chi connectivity index (χ0v) is 15.7. The molecule has 0 radical (unpaired) electrons. The summed E-state index contributed by atoms with van der Waals surface area (Å²) in [5.74, 6) is 0.165. The number of fused-ring (bicyclic) bond motifs is 1. The average Bonchev–Trinajstić information content (AvgIpc) is 3.04. The largest absolute Gasteiger partial charge is 0.385 e. The van der Waals surface area contributed by atoms with Gasteiger partial charge in [0, 0.05) is 30.8 Å². The number of hydrogen-bond donors (Lipinski definition) is 1. The summed E-state index contributed by atoms with van der Waals surface area (Å²) in [6.45, 7) is 2.50. The lowest BCUT2D eigenvalue weighted by Gasteiger charge is -2.09. The van der Waals surface area contributed by atoms with Gasteiger partial charge >= 0.3 is 0 Å². The van der Waals surface area contributed by atoms with E-state index in [4.69, 9.17) is 20.9 Å². The Morgan fingerprint density at radius 2 is 2.07 bits per heavy atom. The molecule has 0 bridgehead atoms. The quantitative estimate of drug-likeness (QED) is 0.620. The predicted octanol–water partition coefficient (Wildman–Crippen LogP) is 2.17. The second-order valence-corrected chi connectivity index (χ2v) is 6.41. The van der Waals surface area contributed by atoms with Gasteiger partial charge in [-0.2, -0.15) is 5.10 Å². The first-order valence-electron chi connectivity index (χ1n) is 8.40. The molecule has 1 N–H and O–H groups in total. The molecular weight excluding hydrogens is 372 g/mol. The van der Waals surface area contributed by atoms with Crippen LogP contribution >= 0.6 is 11.6 Å². The van der Waals surface area contributed by atoms with Gasteiger partial charge in [-0.15, -0.1) is 0 Å². The maximum absolute atomic E-state index is 12.6. The first-order valence-corrected chi connectivity index (χ1v) is 8.77. The molecule has 0 spiro atoms. The Kier molecular flexibility index (Phi) is 5.88. The minimum atomic E-state index is -0.480. The highest BCUT2D eigenvalue weighted by Crippen LogP contribution is 2.28. The summed E-state index contributed by atoms with van der Waals surface area (Å²) >= 11 is 5.96. The third kappa shape index (κ3) is 4.17. The predicted molar refractivity (Wildman–Crippen MR) is 101 cm³/mol. The van der Waals surface area contributed by atoms with Gasteiger partial charge < -0.3 is 14.6 Å². The molecule has 2 aromatic heterocycles. The van der Waals surface area contributed by atoms with E-state index < -0.39 is 5.56 Å². The number of rotatable bonds is 7. The third-order valence-corrected chi connectivity index (χ3v) is 4.27. The fraction of sp³-hybridized carbons (Fsp3) is 0.333. The molecule has 0 aliphatic rings. The van der Waals surface area contributed by atoms with Crippen LogP contribution in [0.5, 0.6) is 0 Å². The number of aryl methyl sites for hydroxylation is 1. The molecule has 3 rings (SSSR count). The summed E-state index contributed by atoms with van der Waals surface area (Å²) in [6.07, 6.45) is 0.683. The van der Waals surface area contributed by atoms with E-state index in [0.29, 0.717) is 41.4 Å². The average molecular weight is 391 g/mol. The van der Waals surface area contributed by atoms with Gasteiger partial charge in [-0.25, -0.2) is 4.68 Å². The Labute approximate surface area is 160 Å². The van der Waals surface area contributed by atoms with E-state index in [9.17, 15) is 9.59 Å². The van der Waals surface area contributed by atoms with Gasteiger partial charge in [0.15, 0.2) is 5.52 Å². The van der Waals surface area contributed by atoms with Crippen LogP contribution < -0.4 is 10.9 Å². The molecule has 3 aromatic rings. The molecule has 0 aliphatic heterocycles. The lowest BCUT2D eigenvalue weighted by atomic mass is 10.1. The van der Waals surface area contributed by atoms with Crippen molar-refractivity contribution in [1.29, 1.82) is 0 Å². The fourth-order valence-electron chi connectivity index (χ4n) is 2.69. The van der Waals surface area contributed by atoms with Crippen molar-refractivity contribution in [3.63, 3.8) is 0 Å². The summed E-state index contributed by atoms with van der Waals surface area (Å²) in [4.78, 5) is 24.8. The molecule has 142 valence electrons. The van der Waals surface area contributed by atoms with Crippen LogP contribution in [0.1, 0.15) is 12.2 Å². The first kappa shape index (κ1) is 19.1. The molecule has 0 atom stereocenters. The third-order valence-electron chi connectivity index (χ3n) is 4.02. The lowest BCUT2D eigenvalue weighted by Crippen LogP contribution is -2.34. The molecule has 0 unspecified atom stereocenters. The summed E-state index contributed by atoms with van der Waals surface area (Å²) in [5, 5.41) is 12.1. The van der Waals surface area contributed by atoms with Crippen LogP contribution in [0.4, 0.5) is 0 Å². The van der Waals surface area contributed by atoms with Gasteiger partial charge in [-0.1, -0.05) is 28.9 Å². The Morgan fingerprint density at radius 3 is 2.78 bits per heavy atom. The highest BCUT2D eigenvalue weighted by molar-refractivity contribution is 6.30. The van der Waals surface area contributed by atoms with Gasteiger partial charge in [0.1, 0.15) is 18.0 Å². The zero-order chi connectivity index (χ0) is 19.4. The normalized spacial score (nSPS) is 11.1. The highest BCUT2D eigenvalue weighted by atomic mass is 35.5. The minimum absolute atomic E-state index is 0.139. The number of halogens is 1. The second-order valence-electron chi connectivity index (χ2n) is 5.98. The van der Waals surface area contributed by atoms with Crippen molar-refractivity contribution in [2.45, 2.75) is 19.9 Å². The summed E-state index contributed by atoms with van der Waals surface area (Å²) in [5.41, 5.74) is 0.906. The Morgan fingerprint density at radius 1 is 1.33 bits per heavy atom. The number of nitrogens with zero attached hydrogens (tertiary/aromatic N) is 3. The number of methoxy groups -OCH3 is 1. The van der Waals surface area contributed by atoms with Crippen LogP contribution in [0.15, 0.2) is 33.6 Å². The molecule has 0 fully saturated rings. The monoisotopic (exact) mass is 390 g/mol. The maximum Gasteiger partial charge on any atom is 0.297 e. The molecule has 0 saturated carbocycles. The van der Waals surface area contributed by atoms with Gasteiger partial charge in [-0.3, -0.25) is 9.59 Å². The van der Waals surface area contributed by atoms with E-state index >= 15 is 0 Å². The summed E-state index contributed by atoms with van der Waals surface area (Å²) < 4.78 is 11.2. The molecular formula is C18H19ClN4O4. The Bertz CT molecular complexity index is 1010. The standard InChI is InChI=1S/C18H19ClN4O4/c1-11-15-16(12-4-6-13(19)7-5-12)21-23(18(25)17(15)22-27-11)10-14(24)20-8-3-9-26-2/h4-7H,3,8-10H2,1-2H3,(H,20,24). The van der Waals surface area contributed by atoms with Crippen LogP contribution in [0.3, 0.4) is 0 Å². The van der Waals surface area contributed by atoms with Gasteiger partial charge in [0.2, 0.25) is 5.91 Å². The number of benzene rings is 1. The van der Waals surface area contributed by atoms with Crippen molar-refractivity contribution in [2.24, 2.45) is 0 Å². The van der Waals surface area contributed by atoms with E-state index in [2.05, 4.69) is 15.6 Å². The topological polar surface area (TPSA) is 99.2 Å². The zero-order valence-electron chi connectivity index (χ0n) is 15.0. The maximum atomic E-state index is 12.6. The number of nitrogens with one attached hydrogen (secondary N) is 1.